The number of benzene rings is 1. The highest BCUT2D eigenvalue weighted by atomic mass is 35.5. The minimum Gasteiger partial charge on any atom is -0.464 e. The van der Waals surface area contributed by atoms with Crippen LogP contribution in [0.2, 0.25) is 5.02 Å². The van der Waals surface area contributed by atoms with E-state index < -0.39 is 5.97 Å². The Morgan fingerprint density at radius 3 is 2.79 bits per heavy atom. The predicted molar refractivity (Wildman–Crippen MR) is 109 cm³/mol. The van der Waals surface area contributed by atoms with Gasteiger partial charge < -0.3 is 13.7 Å². The molecule has 146 valence electrons. The Hall–Kier alpha value is -2.53. The van der Waals surface area contributed by atoms with Gasteiger partial charge in [0.2, 0.25) is 0 Å². The van der Waals surface area contributed by atoms with Crippen LogP contribution in [0.3, 0.4) is 0 Å². The van der Waals surface area contributed by atoms with Gasteiger partial charge in [-0.15, -0.1) is 0 Å². The molecule has 3 aromatic rings. The van der Waals surface area contributed by atoms with E-state index in [0.717, 1.165) is 27.8 Å². The van der Waals surface area contributed by atoms with Crippen LogP contribution in [0.5, 0.6) is 0 Å². The first-order valence-corrected chi connectivity index (χ1v) is 9.72. The molecule has 2 aromatic heterocycles. The lowest BCUT2D eigenvalue weighted by Crippen LogP contribution is -2.33. The van der Waals surface area contributed by atoms with Crippen LogP contribution >= 0.6 is 11.6 Å². The molecule has 3 heterocycles. The summed E-state index contributed by atoms with van der Waals surface area (Å²) < 4.78 is 12.8. The van der Waals surface area contributed by atoms with Crippen LogP contribution in [0, 0.1) is 5.41 Å². The van der Waals surface area contributed by atoms with E-state index in [1.807, 2.05) is 16.7 Å². The molecule has 1 aromatic carbocycles. The number of furan rings is 1. The topological polar surface area (TPSA) is 61.4 Å². The number of nitrogens with zero attached hydrogens (tertiary/aromatic N) is 1. The van der Waals surface area contributed by atoms with Gasteiger partial charge >= 0.3 is 5.97 Å². The van der Waals surface area contributed by atoms with Gasteiger partial charge in [0.15, 0.2) is 5.43 Å². The average molecular weight is 400 g/mol. The lowest BCUT2D eigenvalue weighted by molar-refractivity contribution is 0.0523. The van der Waals surface area contributed by atoms with E-state index in [1.165, 1.54) is 6.07 Å². The van der Waals surface area contributed by atoms with Crippen molar-refractivity contribution in [3.05, 3.63) is 57.0 Å². The van der Waals surface area contributed by atoms with Crippen molar-refractivity contribution >= 4 is 28.5 Å². The van der Waals surface area contributed by atoms with E-state index in [-0.39, 0.29) is 29.1 Å². The van der Waals surface area contributed by atoms with Crippen LogP contribution in [-0.2, 0) is 11.2 Å². The third kappa shape index (κ3) is 2.85. The summed E-state index contributed by atoms with van der Waals surface area (Å²) in [5.41, 5.74) is 2.96. The molecule has 0 fully saturated rings. The van der Waals surface area contributed by atoms with Crippen LogP contribution < -0.4 is 5.43 Å². The molecule has 1 aliphatic rings. The summed E-state index contributed by atoms with van der Waals surface area (Å²) in [7, 11) is 0. The zero-order chi connectivity index (χ0) is 20.2. The molecule has 28 heavy (non-hydrogen) atoms. The molecule has 0 radical (unpaired) electrons. The smallest absolute Gasteiger partial charge is 0.343 e. The number of halogens is 1. The van der Waals surface area contributed by atoms with Crippen molar-refractivity contribution in [3.8, 4) is 11.3 Å². The van der Waals surface area contributed by atoms with Crippen LogP contribution in [0.25, 0.3) is 22.2 Å². The number of esters is 1. The Labute approximate surface area is 167 Å². The molecule has 4 rings (SSSR count). The third-order valence-corrected chi connectivity index (χ3v) is 5.69. The highest BCUT2D eigenvalue weighted by Crippen LogP contribution is 2.46. The molecule has 0 spiro atoms. The molecular formula is C22H22ClNO4. The van der Waals surface area contributed by atoms with E-state index >= 15 is 0 Å². The first-order chi connectivity index (χ1) is 13.2. The fraction of sp³-hybridized carbons (Fsp3) is 0.364. The summed E-state index contributed by atoms with van der Waals surface area (Å²) in [6.07, 6.45) is 3.97. The average Bonchev–Trinajstić information content (AvgIpc) is 3.11. The normalized spacial score (nSPS) is 16.0. The first-order valence-electron chi connectivity index (χ1n) is 9.34. The van der Waals surface area contributed by atoms with Crippen molar-refractivity contribution in [1.29, 1.82) is 0 Å². The second-order valence-electron chi connectivity index (χ2n) is 8.20. The van der Waals surface area contributed by atoms with E-state index in [1.54, 1.807) is 19.4 Å². The molecule has 6 heteroatoms. The maximum Gasteiger partial charge on any atom is 0.343 e. The van der Waals surface area contributed by atoms with Crippen molar-refractivity contribution in [2.45, 2.75) is 40.2 Å². The third-order valence-electron chi connectivity index (χ3n) is 5.38. The second kappa shape index (κ2) is 6.52. The standard InChI is InChI=1S/C22H22ClNO4/c1-5-27-21(26)15-11-24-17(10-18(15)25)13-8-16(23)12-6-7-28-20(12)14(13)9-19(24)22(2,3)4/h6-8,10-11,19H,5,9H2,1-4H3. The summed E-state index contributed by atoms with van der Waals surface area (Å²) in [4.78, 5) is 25.0. The maximum atomic E-state index is 12.7. The van der Waals surface area contributed by atoms with Crippen molar-refractivity contribution in [2.24, 2.45) is 5.41 Å². The van der Waals surface area contributed by atoms with Crippen LogP contribution in [0.15, 0.2) is 39.9 Å². The van der Waals surface area contributed by atoms with E-state index in [9.17, 15) is 9.59 Å². The molecule has 0 aliphatic carbocycles. The van der Waals surface area contributed by atoms with Crippen molar-refractivity contribution in [3.63, 3.8) is 0 Å². The van der Waals surface area contributed by atoms with Crippen LogP contribution in [0.1, 0.15) is 49.7 Å². The highest BCUT2D eigenvalue weighted by molar-refractivity contribution is 6.36. The Morgan fingerprint density at radius 1 is 1.36 bits per heavy atom. The van der Waals surface area contributed by atoms with Gasteiger partial charge in [-0.2, -0.15) is 0 Å². The molecule has 0 saturated heterocycles. The molecule has 1 atom stereocenters. The predicted octanol–water partition coefficient (Wildman–Crippen LogP) is 5.23. The molecular weight excluding hydrogens is 378 g/mol. The lowest BCUT2D eigenvalue weighted by atomic mass is 9.78. The number of hydrogen-bond acceptors (Lipinski definition) is 4. The fourth-order valence-electron chi connectivity index (χ4n) is 3.98. The summed E-state index contributed by atoms with van der Waals surface area (Å²) in [5.74, 6) is -0.597. The summed E-state index contributed by atoms with van der Waals surface area (Å²) in [6.45, 7) is 8.37. The molecule has 0 saturated carbocycles. The summed E-state index contributed by atoms with van der Waals surface area (Å²) >= 11 is 6.47. The van der Waals surface area contributed by atoms with Crippen molar-refractivity contribution in [2.75, 3.05) is 6.61 Å². The van der Waals surface area contributed by atoms with Gasteiger partial charge in [-0.3, -0.25) is 4.79 Å². The zero-order valence-electron chi connectivity index (χ0n) is 16.3. The van der Waals surface area contributed by atoms with Gasteiger partial charge in [0.05, 0.1) is 23.6 Å². The number of ether oxygens (including phenoxy) is 1. The minimum atomic E-state index is -0.597. The number of rotatable bonds is 2. The van der Waals surface area contributed by atoms with Crippen LogP contribution in [-0.4, -0.2) is 17.1 Å². The number of hydrogen-bond donors (Lipinski definition) is 0. The van der Waals surface area contributed by atoms with Crippen LogP contribution in [0.4, 0.5) is 0 Å². The molecule has 1 unspecified atom stereocenters. The van der Waals surface area contributed by atoms with E-state index in [4.69, 9.17) is 20.8 Å². The number of carbonyl (C=O) groups is 1. The van der Waals surface area contributed by atoms with Gasteiger partial charge in [-0.05, 0) is 30.9 Å². The number of carbonyl (C=O) groups excluding carboxylic acids is 1. The SMILES string of the molecule is CCOC(=O)c1cn2c(cc1=O)-c1cc(Cl)c3ccoc3c1CC2C(C)(C)C. The quantitative estimate of drug-likeness (QED) is 0.553. The number of fused-ring (bicyclic) bond motifs is 5. The Bertz CT molecular complexity index is 1150. The summed E-state index contributed by atoms with van der Waals surface area (Å²) in [5, 5.41) is 1.44. The van der Waals surface area contributed by atoms with Gasteiger partial charge in [-0.25, -0.2) is 4.79 Å². The molecule has 5 nitrogen and oxygen atoms in total. The zero-order valence-corrected chi connectivity index (χ0v) is 17.1. The fourth-order valence-corrected chi connectivity index (χ4v) is 4.23. The molecule has 0 N–H and O–H groups in total. The number of aromatic nitrogens is 1. The summed E-state index contributed by atoms with van der Waals surface area (Å²) in [6, 6.07) is 5.27. The van der Waals surface area contributed by atoms with Gasteiger partial charge in [-0.1, -0.05) is 32.4 Å². The minimum absolute atomic E-state index is 0.0262. The Morgan fingerprint density at radius 2 is 2.11 bits per heavy atom. The van der Waals surface area contributed by atoms with E-state index in [2.05, 4.69) is 20.8 Å². The Balaban J connectivity index is 2.03. The van der Waals surface area contributed by atoms with Gasteiger partial charge in [0.25, 0.3) is 0 Å². The van der Waals surface area contributed by atoms with Gasteiger partial charge in [0.1, 0.15) is 11.1 Å². The van der Waals surface area contributed by atoms with Crippen molar-refractivity contribution < 1.29 is 13.9 Å². The molecule has 0 amide bonds. The Kier molecular flexibility index (Phi) is 4.38. The highest BCUT2D eigenvalue weighted by Gasteiger charge is 2.35. The first kappa shape index (κ1) is 18.8. The van der Waals surface area contributed by atoms with Gasteiger partial charge in [0, 0.05) is 34.8 Å². The molecule has 1 aliphatic heterocycles. The second-order valence-corrected chi connectivity index (χ2v) is 8.61. The molecule has 0 bridgehead atoms. The largest absolute Gasteiger partial charge is 0.464 e. The number of pyridine rings is 1. The monoisotopic (exact) mass is 399 g/mol. The van der Waals surface area contributed by atoms with Crippen molar-refractivity contribution in [1.82, 2.24) is 4.57 Å². The van der Waals surface area contributed by atoms with E-state index in [0.29, 0.717) is 11.4 Å². The maximum absolute atomic E-state index is 12.7. The lowest BCUT2D eigenvalue weighted by Gasteiger charge is -2.39.